The fourth-order valence-corrected chi connectivity index (χ4v) is 1.22. The van der Waals surface area contributed by atoms with E-state index in [-0.39, 0.29) is 8.69 Å². The molecule has 0 spiro atoms. The molecule has 0 aromatic heterocycles. The number of hydrogen-bond donors (Lipinski definition) is 4. The van der Waals surface area contributed by atoms with Crippen molar-refractivity contribution in [3.8, 4) is 0 Å². The zero-order chi connectivity index (χ0) is 18.0. The van der Waals surface area contributed by atoms with E-state index in [4.69, 9.17) is 20.4 Å². The van der Waals surface area contributed by atoms with Crippen molar-refractivity contribution in [1.29, 1.82) is 0 Å². The lowest BCUT2D eigenvalue weighted by molar-refractivity contribution is -0.870. The summed E-state index contributed by atoms with van der Waals surface area (Å²) in [6.07, 6.45) is -2.29. The molecule has 0 heterocycles. The topological polar surface area (TPSA) is 158 Å². The molecule has 0 unspecified atom stereocenters. The smallest absolute Gasteiger partial charge is 0.336 e. The molecular formula is C11H21NO9P+. The van der Waals surface area contributed by atoms with Gasteiger partial charge in [-0.05, 0) is 0 Å². The van der Waals surface area contributed by atoms with Crippen LogP contribution in [0.1, 0.15) is 12.8 Å². The zero-order valence-electron chi connectivity index (χ0n) is 12.6. The summed E-state index contributed by atoms with van der Waals surface area (Å²) >= 11 is 0. The molecule has 0 aliphatic carbocycles. The number of nitrogens with zero attached hydrogens (tertiary/aromatic N) is 1. The Kier molecular flexibility index (Phi) is 10.5. The summed E-state index contributed by atoms with van der Waals surface area (Å²) in [6.45, 7) is 1.43. The monoisotopic (exact) mass is 342 g/mol. The summed E-state index contributed by atoms with van der Waals surface area (Å²) in [4.78, 5) is 30.5. The van der Waals surface area contributed by atoms with E-state index in [2.05, 4.69) is 25.7 Å². The summed E-state index contributed by atoms with van der Waals surface area (Å²) in [7, 11) is 5.96. The molecule has 22 heavy (non-hydrogen) atoms. The van der Waals surface area contributed by atoms with Crippen molar-refractivity contribution in [3.05, 3.63) is 0 Å². The fourth-order valence-electron chi connectivity index (χ4n) is 1.07. The Labute approximate surface area is 128 Å². The minimum atomic E-state index is -2.74. The quantitative estimate of drug-likeness (QED) is 0.250. The number of likely N-dealkylation sites (N-methyl/N-ethyl adjacent to an activating group) is 1. The van der Waals surface area contributed by atoms with Gasteiger partial charge in [-0.25, -0.2) is 9.36 Å². The standard InChI is InChI=1S/C6H8O7.C5H13NO2P/c7-3(8)1-6(13,5(11)12)2-4(9)10;1-6(2,3)4-5-8-9-7/h13H,1-2H2,(H,7,8)(H,9,10)(H,11,12);4-5H2,1-3H3/q;+1. The van der Waals surface area contributed by atoms with E-state index < -0.39 is 36.4 Å². The third-order valence-electron chi connectivity index (χ3n) is 2.19. The molecule has 0 aliphatic rings. The highest BCUT2D eigenvalue weighted by Crippen LogP contribution is 2.15. The van der Waals surface area contributed by atoms with Gasteiger partial charge < -0.3 is 24.9 Å². The normalized spacial score (nSPS) is 11.5. The first kappa shape index (κ1) is 22.7. The van der Waals surface area contributed by atoms with Crippen LogP contribution in [0, 0.1) is 0 Å². The third-order valence-corrected chi connectivity index (χ3v) is 2.48. The van der Waals surface area contributed by atoms with Crippen LogP contribution in [-0.2, 0) is 23.5 Å². The van der Waals surface area contributed by atoms with Gasteiger partial charge in [0, 0.05) is 0 Å². The van der Waals surface area contributed by atoms with Crippen LogP contribution in [0.2, 0.25) is 0 Å². The molecule has 0 rings (SSSR count). The highest BCUT2D eigenvalue weighted by molar-refractivity contribution is 7.17. The van der Waals surface area contributed by atoms with Crippen molar-refractivity contribution >= 4 is 26.6 Å². The summed E-state index contributed by atoms with van der Waals surface area (Å²) in [5, 5.41) is 33.8. The maximum absolute atomic E-state index is 10.3. The number of aliphatic carboxylic acids is 3. The van der Waals surface area contributed by atoms with Crippen LogP contribution in [-0.4, -0.2) is 82.7 Å². The highest BCUT2D eigenvalue weighted by atomic mass is 31.1. The minimum absolute atomic E-state index is 0.217. The molecule has 11 heteroatoms. The van der Waals surface area contributed by atoms with E-state index in [1.165, 1.54) is 0 Å². The lowest BCUT2D eigenvalue weighted by Crippen LogP contribution is -2.42. The van der Waals surface area contributed by atoms with Crippen molar-refractivity contribution in [1.82, 2.24) is 0 Å². The minimum Gasteiger partial charge on any atom is -0.481 e. The van der Waals surface area contributed by atoms with Crippen LogP contribution in [0.15, 0.2) is 0 Å². The number of carboxylic acid groups (broad SMARTS) is 3. The molecule has 0 aromatic carbocycles. The SMILES string of the molecule is C[N+](C)(C)CCOP=O.O=C(O)CC(O)(CC(=O)O)C(=O)O. The van der Waals surface area contributed by atoms with Crippen LogP contribution >= 0.6 is 8.69 Å². The first-order valence-corrected chi connectivity index (χ1v) is 6.71. The first-order valence-electron chi connectivity index (χ1n) is 5.98. The van der Waals surface area contributed by atoms with Gasteiger partial charge in [0.05, 0.1) is 34.0 Å². The van der Waals surface area contributed by atoms with Gasteiger partial charge in [0.15, 0.2) is 5.60 Å². The van der Waals surface area contributed by atoms with Crippen molar-refractivity contribution in [2.75, 3.05) is 34.3 Å². The number of quaternary nitrogens is 1. The molecule has 0 bridgehead atoms. The summed E-state index contributed by atoms with van der Waals surface area (Å²) < 4.78 is 15.2. The molecule has 0 fully saturated rings. The Morgan fingerprint density at radius 3 is 1.68 bits per heavy atom. The van der Waals surface area contributed by atoms with Gasteiger partial charge in [0.1, 0.15) is 13.2 Å². The zero-order valence-corrected chi connectivity index (χ0v) is 13.4. The highest BCUT2D eigenvalue weighted by Gasteiger charge is 2.40. The van der Waals surface area contributed by atoms with Gasteiger partial charge >= 0.3 is 26.6 Å². The lowest BCUT2D eigenvalue weighted by atomic mass is 9.96. The lowest BCUT2D eigenvalue weighted by Gasteiger charge is -2.22. The molecule has 0 saturated carbocycles. The molecule has 0 atom stereocenters. The molecule has 4 N–H and O–H groups in total. The molecule has 10 nitrogen and oxygen atoms in total. The van der Waals surface area contributed by atoms with E-state index >= 15 is 0 Å². The summed E-state index contributed by atoms with van der Waals surface area (Å²) in [5.74, 6) is -5.02. The van der Waals surface area contributed by atoms with Crippen molar-refractivity contribution in [2.24, 2.45) is 0 Å². The van der Waals surface area contributed by atoms with Gasteiger partial charge in [0.2, 0.25) is 0 Å². The van der Waals surface area contributed by atoms with Crippen molar-refractivity contribution < 1.29 is 48.4 Å². The Bertz CT molecular complexity index is 389. The molecule has 128 valence electrons. The van der Waals surface area contributed by atoms with Gasteiger partial charge in [0.25, 0.3) is 0 Å². The Morgan fingerprint density at radius 2 is 1.45 bits per heavy atom. The number of aliphatic hydroxyl groups is 1. The summed E-state index contributed by atoms with van der Waals surface area (Å²) in [6, 6.07) is 0. The molecule has 0 amide bonds. The Morgan fingerprint density at radius 1 is 1.05 bits per heavy atom. The average Bonchev–Trinajstić information content (AvgIpc) is 2.25. The van der Waals surface area contributed by atoms with Gasteiger partial charge in [-0.3, -0.25) is 14.1 Å². The maximum Gasteiger partial charge on any atom is 0.336 e. The second kappa shape index (κ2) is 10.2. The number of carbonyl (C=O) groups is 3. The largest absolute Gasteiger partial charge is 0.481 e. The van der Waals surface area contributed by atoms with Crippen LogP contribution in [0.4, 0.5) is 0 Å². The van der Waals surface area contributed by atoms with E-state index in [9.17, 15) is 18.9 Å². The van der Waals surface area contributed by atoms with Gasteiger partial charge in [-0.2, -0.15) is 0 Å². The second-order valence-electron chi connectivity index (χ2n) is 5.40. The average molecular weight is 342 g/mol. The second-order valence-corrected chi connectivity index (χ2v) is 5.81. The molecular weight excluding hydrogens is 321 g/mol. The van der Waals surface area contributed by atoms with E-state index in [1.54, 1.807) is 0 Å². The number of carboxylic acids is 3. The Hall–Kier alpha value is -1.61. The third kappa shape index (κ3) is 13.4. The number of rotatable bonds is 9. The molecule has 0 aliphatic heterocycles. The maximum atomic E-state index is 10.3. The first-order chi connectivity index (χ1) is 9.84. The van der Waals surface area contributed by atoms with Crippen LogP contribution in [0.5, 0.6) is 0 Å². The molecule has 0 radical (unpaired) electrons. The van der Waals surface area contributed by atoms with Crippen LogP contribution < -0.4 is 0 Å². The van der Waals surface area contributed by atoms with Crippen molar-refractivity contribution in [3.63, 3.8) is 0 Å². The van der Waals surface area contributed by atoms with Gasteiger partial charge in [-0.15, -0.1) is 0 Å². The molecule has 0 aromatic rings. The number of hydrogen-bond acceptors (Lipinski definition) is 6. The fraction of sp³-hybridized carbons (Fsp3) is 0.727. The predicted octanol–water partition coefficient (Wildman–Crippen LogP) is -0.333. The van der Waals surface area contributed by atoms with Crippen LogP contribution in [0.3, 0.4) is 0 Å². The van der Waals surface area contributed by atoms with Crippen molar-refractivity contribution in [2.45, 2.75) is 18.4 Å². The predicted molar refractivity (Wildman–Crippen MR) is 73.5 cm³/mol. The van der Waals surface area contributed by atoms with E-state index in [1.807, 2.05) is 0 Å². The van der Waals surface area contributed by atoms with Crippen LogP contribution in [0.25, 0.3) is 0 Å². The van der Waals surface area contributed by atoms with E-state index in [0.29, 0.717) is 6.61 Å². The summed E-state index contributed by atoms with van der Waals surface area (Å²) in [5.41, 5.74) is -2.74. The van der Waals surface area contributed by atoms with E-state index in [0.717, 1.165) is 11.0 Å². The Balaban J connectivity index is 0. The molecule has 0 saturated heterocycles. The van der Waals surface area contributed by atoms with Gasteiger partial charge in [-0.1, -0.05) is 0 Å².